The first-order valence-corrected chi connectivity index (χ1v) is 8.54. The number of aliphatic imine (C=N–C) groups is 1. The third-order valence-electron chi connectivity index (χ3n) is 4.05. The van der Waals surface area contributed by atoms with Gasteiger partial charge in [-0.15, -0.1) is 0 Å². The van der Waals surface area contributed by atoms with Gasteiger partial charge in [-0.05, 0) is 47.1 Å². The monoisotopic (exact) mass is 311 g/mol. The highest BCUT2D eigenvalue weighted by Gasteiger charge is 2.19. The lowest BCUT2D eigenvalue weighted by atomic mass is 9.83. The van der Waals surface area contributed by atoms with Gasteiger partial charge < -0.3 is 0 Å². The fourth-order valence-corrected chi connectivity index (χ4v) is 2.48. The summed E-state index contributed by atoms with van der Waals surface area (Å²) in [5, 5.41) is 0. The smallest absolute Gasteiger partial charge is 0.0458 e. The molecule has 0 heterocycles. The van der Waals surface area contributed by atoms with Crippen LogP contribution in [0, 0.1) is 5.41 Å². The Morgan fingerprint density at radius 3 is 2.17 bits per heavy atom. The SMILES string of the molecule is C=C(/C=C(\N=C/C)C(C)(C)C)c1cc(C(C)(C)C)ccc1CC. The van der Waals surface area contributed by atoms with E-state index in [1.54, 1.807) is 0 Å². The van der Waals surface area contributed by atoms with Crippen LogP contribution in [0.15, 0.2) is 41.5 Å². The summed E-state index contributed by atoms with van der Waals surface area (Å²) >= 11 is 0. The summed E-state index contributed by atoms with van der Waals surface area (Å²) < 4.78 is 0. The van der Waals surface area contributed by atoms with E-state index in [9.17, 15) is 0 Å². The quantitative estimate of drug-likeness (QED) is 0.440. The van der Waals surface area contributed by atoms with Gasteiger partial charge >= 0.3 is 0 Å². The van der Waals surface area contributed by atoms with Crippen molar-refractivity contribution in [1.82, 2.24) is 0 Å². The molecular formula is C22H33N. The molecule has 1 aromatic carbocycles. The van der Waals surface area contributed by atoms with Gasteiger partial charge in [0.15, 0.2) is 0 Å². The summed E-state index contributed by atoms with van der Waals surface area (Å²) in [6, 6.07) is 6.79. The summed E-state index contributed by atoms with van der Waals surface area (Å²) in [6.45, 7) is 21.8. The van der Waals surface area contributed by atoms with Crippen LogP contribution in [0.25, 0.3) is 5.57 Å². The van der Waals surface area contributed by atoms with Crippen LogP contribution in [0.5, 0.6) is 0 Å². The zero-order valence-electron chi connectivity index (χ0n) is 16.2. The van der Waals surface area contributed by atoms with E-state index >= 15 is 0 Å². The molecule has 0 aromatic heterocycles. The molecule has 0 bridgehead atoms. The molecule has 23 heavy (non-hydrogen) atoms. The average Bonchev–Trinajstić information content (AvgIpc) is 2.44. The summed E-state index contributed by atoms with van der Waals surface area (Å²) in [7, 11) is 0. The summed E-state index contributed by atoms with van der Waals surface area (Å²) in [5.74, 6) is 0. The molecule has 0 fully saturated rings. The van der Waals surface area contributed by atoms with E-state index in [-0.39, 0.29) is 10.8 Å². The maximum absolute atomic E-state index is 4.56. The number of hydrogen-bond acceptors (Lipinski definition) is 1. The van der Waals surface area contributed by atoms with E-state index in [2.05, 4.69) is 84.3 Å². The second-order valence-corrected chi connectivity index (χ2v) is 8.17. The summed E-state index contributed by atoms with van der Waals surface area (Å²) in [5.41, 5.74) is 6.18. The molecule has 0 aliphatic rings. The fraction of sp³-hybridized carbons (Fsp3) is 0.500. The minimum Gasteiger partial charge on any atom is -0.265 e. The molecular weight excluding hydrogens is 278 g/mol. The van der Waals surface area contributed by atoms with Crippen molar-refractivity contribution >= 4 is 11.8 Å². The lowest BCUT2D eigenvalue weighted by Gasteiger charge is -2.23. The molecule has 126 valence electrons. The Balaban J connectivity index is 3.41. The Bertz CT molecular complexity index is 616. The van der Waals surface area contributed by atoms with E-state index < -0.39 is 0 Å². The minimum absolute atomic E-state index is 0.00344. The first-order chi connectivity index (χ1) is 10.5. The van der Waals surface area contributed by atoms with Crippen LogP contribution in [0.1, 0.15) is 72.1 Å². The van der Waals surface area contributed by atoms with E-state index in [1.165, 1.54) is 16.7 Å². The second kappa shape index (κ2) is 7.29. The maximum atomic E-state index is 4.56. The van der Waals surface area contributed by atoms with Crippen LogP contribution in [-0.2, 0) is 11.8 Å². The lowest BCUT2D eigenvalue weighted by molar-refractivity contribution is 0.499. The number of benzene rings is 1. The van der Waals surface area contributed by atoms with E-state index in [4.69, 9.17) is 0 Å². The summed E-state index contributed by atoms with van der Waals surface area (Å²) in [4.78, 5) is 4.56. The molecule has 1 aromatic rings. The Hall–Kier alpha value is -1.63. The number of aryl methyl sites for hydroxylation is 1. The molecule has 0 atom stereocenters. The molecule has 0 N–H and O–H groups in total. The van der Waals surface area contributed by atoms with Gasteiger partial charge in [0.05, 0.1) is 0 Å². The topological polar surface area (TPSA) is 12.4 Å². The Morgan fingerprint density at radius 1 is 1.13 bits per heavy atom. The highest BCUT2D eigenvalue weighted by molar-refractivity contribution is 5.76. The van der Waals surface area contributed by atoms with Crippen molar-refractivity contribution in [3.05, 3.63) is 53.2 Å². The molecule has 1 heteroatoms. The van der Waals surface area contributed by atoms with Crippen LogP contribution in [0.4, 0.5) is 0 Å². The number of rotatable bonds is 4. The Morgan fingerprint density at radius 2 is 1.74 bits per heavy atom. The van der Waals surface area contributed by atoms with Gasteiger partial charge in [-0.1, -0.05) is 73.2 Å². The van der Waals surface area contributed by atoms with Gasteiger partial charge in [0.2, 0.25) is 0 Å². The molecule has 1 nitrogen and oxygen atoms in total. The zero-order chi connectivity index (χ0) is 17.8. The van der Waals surface area contributed by atoms with Crippen molar-refractivity contribution < 1.29 is 0 Å². The van der Waals surface area contributed by atoms with Crippen LogP contribution >= 0.6 is 0 Å². The van der Waals surface area contributed by atoms with Crippen molar-refractivity contribution in [3.8, 4) is 0 Å². The van der Waals surface area contributed by atoms with E-state index in [1.807, 2.05) is 13.1 Å². The van der Waals surface area contributed by atoms with Gasteiger partial charge in [-0.2, -0.15) is 0 Å². The van der Waals surface area contributed by atoms with Crippen LogP contribution in [0.2, 0.25) is 0 Å². The number of nitrogens with zero attached hydrogens (tertiary/aromatic N) is 1. The molecule has 0 amide bonds. The van der Waals surface area contributed by atoms with E-state index in [0.29, 0.717) is 0 Å². The first kappa shape index (κ1) is 19.4. The van der Waals surface area contributed by atoms with Crippen LogP contribution in [0.3, 0.4) is 0 Å². The second-order valence-electron chi connectivity index (χ2n) is 8.17. The lowest BCUT2D eigenvalue weighted by Crippen LogP contribution is -2.12. The summed E-state index contributed by atoms with van der Waals surface area (Å²) in [6.07, 6.45) is 5.01. The van der Waals surface area contributed by atoms with Gasteiger partial charge in [0, 0.05) is 17.3 Å². The van der Waals surface area contributed by atoms with E-state index in [0.717, 1.165) is 17.7 Å². The highest BCUT2D eigenvalue weighted by Crippen LogP contribution is 2.32. The van der Waals surface area contributed by atoms with Crippen molar-refractivity contribution in [3.63, 3.8) is 0 Å². The van der Waals surface area contributed by atoms with Crippen molar-refractivity contribution in [2.45, 2.75) is 67.2 Å². The van der Waals surface area contributed by atoms with Gasteiger partial charge in [0.25, 0.3) is 0 Å². The molecule has 0 radical (unpaired) electrons. The third-order valence-corrected chi connectivity index (χ3v) is 4.05. The van der Waals surface area contributed by atoms with Crippen molar-refractivity contribution in [2.75, 3.05) is 0 Å². The average molecular weight is 312 g/mol. The maximum Gasteiger partial charge on any atom is 0.0458 e. The Labute approximate surface area is 143 Å². The standard InChI is InChI=1S/C22H33N/c1-10-17-12-13-18(21(4,5)6)15-19(17)16(3)14-20(23-11-2)22(7,8)9/h11-15H,3,10H2,1-2,4-9H3/b20-14-,23-11-. The van der Waals surface area contributed by atoms with Crippen LogP contribution in [-0.4, -0.2) is 6.21 Å². The van der Waals surface area contributed by atoms with Gasteiger partial charge in [0.1, 0.15) is 0 Å². The highest BCUT2D eigenvalue weighted by atomic mass is 14.7. The van der Waals surface area contributed by atoms with Crippen molar-refractivity contribution in [2.24, 2.45) is 10.4 Å². The van der Waals surface area contributed by atoms with Gasteiger partial charge in [-0.3, -0.25) is 4.99 Å². The molecule has 1 rings (SSSR count). The number of allylic oxidation sites excluding steroid dienone is 3. The Kier molecular flexibility index (Phi) is 6.16. The molecule has 0 saturated heterocycles. The molecule has 0 saturated carbocycles. The zero-order valence-corrected chi connectivity index (χ0v) is 16.2. The fourth-order valence-electron chi connectivity index (χ4n) is 2.48. The molecule has 0 unspecified atom stereocenters. The predicted molar refractivity (Wildman–Crippen MR) is 105 cm³/mol. The van der Waals surface area contributed by atoms with Crippen LogP contribution < -0.4 is 0 Å². The van der Waals surface area contributed by atoms with Crippen molar-refractivity contribution in [1.29, 1.82) is 0 Å². The minimum atomic E-state index is 0.00344. The largest absolute Gasteiger partial charge is 0.265 e. The predicted octanol–water partition coefficient (Wildman–Crippen LogP) is 6.58. The first-order valence-electron chi connectivity index (χ1n) is 8.54. The molecule has 0 aliphatic heterocycles. The molecule has 0 spiro atoms. The normalized spacial score (nSPS) is 13.7. The third kappa shape index (κ3) is 5.20. The number of hydrogen-bond donors (Lipinski definition) is 0. The van der Waals surface area contributed by atoms with Gasteiger partial charge in [-0.25, -0.2) is 0 Å². The molecule has 0 aliphatic carbocycles.